The molecular formula is C26H45O2Si. The fourth-order valence-electron chi connectivity index (χ4n) is 8.94. The maximum Gasteiger partial charge on any atom is 0.221 e. The number of rotatable bonds is 5. The monoisotopic (exact) mass is 417 g/mol. The average Bonchev–Trinajstić information content (AvgIpc) is 3.00. The maximum atomic E-state index is 12.2. The Kier molecular flexibility index (Phi) is 6.14. The highest BCUT2D eigenvalue weighted by atomic mass is 28.3. The van der Waals surface area contributed by atoms with E-state index in [9.17, 15) is 9.59 Å². The molecule has 0 unspecified atom stereocenters. The number of hydrogen-bond acceptors (Lipinski definition) is 2. The molecule has 29 heavy (non-hydrogen) atoms. The molecule has 4 rings (SSSR count). The predicted octanol–water partition coefficient (Wildman–Crippen LogP) is 6.63. The van der Waals surface area contributed by atoms with Crippen molar-refractivity contribution >= 4 is 14.8 Å². The molecule has 0 aromatic carbocycles. The zero-order chi connectivity index (χ0) is 21.0. The highest BCUT2D eigenvalue weighted by Gasteiger charge is 2.63. The molecule has 0 spiro atoms. The molecule has 0 aromatic rings. The molecule has 1 saturated heterocycles. The van der Waals surface area contributed by atoms with Crippen LogP contribution in [0.2, 0.25) is 11.1 Å². The third-order valence-corrected chi connectivity index (χ3v) is 13.3. The summed E-state index contributed by atoms with van der Waals surface area (Å²) in [5.41, 5.74) is 0.522. The Labute approximate surface area is 181 Å². The summed E-state index contributed by atoms with van der Waals surface area (Å²) >= 11 is 0. The third kappa shape index (κ3) is 3.60. The lowest BCUT2D eigenvalue weighted by atomic mass is 9.50. The second-order valence-electron chi connectivity index (χ2n) is 12.3. The SMILES string of the molecule is CC(C)CCC[C@H](C)[C@@H]1CC[C@H]2[C@H]3CC[C@@H]4CC(=O)C[Si](O)[C@]4(C)[C@H]3CC[C@@]21C. The van der Waals surface area contributed by atoms with E-state index in [0.29, 0.717) is 29.1 Å². The fraction of sp³-hybridized carbons (Fsp3) is 0.962. The van der Waals surface area contributed by atoms with Crippen LogP contribution in [0.25, 0.3) is 0 Å². The van der Waals surface area contributed by atoms with Gasteiger partial charge in [0.05, 0.1) is 0 Å². The Morgan fingerprint density at radius 2 is 1.79 bits per heavy atom. The Hall–Kier alpha value is -0.153. The van der Waals surface area contributed by atoms with E-state index in [4.69, 9.17) is 0 Å². The molecule has 1 aliphatic heterocycles. The van der Waals surface area contributed by atoms with Gasteiger partial charge in [0.1, 0.15) is 5.78 Å². The van der Waals surface area contributed by atoms with Crippen LogP contribution >= 0.6 is 0 Å². The minimum absolute atomic E-state index is 0.0871. The molecule has 4 fully saturated rings. The average molecular weight is 418 g/mol. The van der Waals surface area contributed by atoms with E-state index in [1.165, 1.54) is 57.8 Å². The van der Waals surface area contributed by atoms with Crippen LogP contribution in [0.4, 0.5) is 0 Å². The topological polar surface area (TPSA) is 37.3 Å². The molecular weight excluding hydrogens is 372 g/mol. The predicted molar refractivity (Wildman–Crippen MR) is 122 cm³/mol. The maximum absolute atomic E-state index is 12.2. The summed E-state index contributed by atoms with van der Waals surface area (Å²) in [6.07, 6.45) is 13.0. The van der Waals surface area contributed by atoms with Crippen molar-refractivity contribution in [2.24, 2.45) is 46.8 Å². The molecule has 0 bridgehead atoms. The van der Waals surface area contributed by atoms with Crippen LogP contribution in [0.15, 0.2) is 0 Å². The Morgan fingerprint density at radius 1 is 1.03 bits per heavy atom. The molecule has 2 nitrogen and oxygen atoms in total. The third-order valence-electron chi connectivity index (χ3n) is 10.6. The van der Waals surface area contributed by atoms with Crippen LogP contribution in [0, 0.1) is 46.8 Å². The first-order chi connectivity index (χ1) is 13.7. The molecule has 1 N–H and O–H groups in total. The molecule has 3 aliphatic carbocycles. The number of ketones is 1. The van der Waals surface area contributed by atoms with Gasteiger partial charge < -0.3 is 4.80 Å². The van der Waals surface area contributed by atoms with Crippen molar-refractivity contribution in [1.82, 2.24) is 0 Å². The van der Waals surface area contributed by atoms with Crippen LogP contribution in [-0.2, 0) is 4.79 Å². The van der Waals surface area contributed by atoms with E-state index in [1.807, 2.05) is 0 Å². The van der Waals surface area contributed by atoms with Gasteiger partial charge in [0.25, 0.3) is 0 Å². The lowest BCUT2D eigenvalue weighted by Gasteiger charge is -2.61. The Morgan fingerprint density at radius 3 is 2.52 bits per heavy atom. The molecule has 1 radical (unpaired) electrons. The van der Waals surface area contributed by atoms with E-state index in [0.717, 1.165) is 36.0 Å². The van der Waals surface area contributed by atoms with Gasteiger partial charge in [-0.05, 0) is 90.4 Å². The molecule has 4 aliphatic rings. The van der Waals surface area contributed by atoms with Gasteiger partial charge in [0, 0.05) is 12.5 Å². The minimum Gasteiger partial charge on any atom is -0.430 e. The van der Waals surface area contributed by atoms with E-state index >= 15 is 0 Å². The van der Waals surface area contributed by atoms with Gasteiger partial charge in [-0.1, -0.05) is 53.9 Å². The standard InChI is InChI=1S/C26H45O2Si/c1-17(2)7-6-8-18(3)22-11-12-23-21-10-9-19-15-20(27)16-29(28)26(19,5)24(21)13-14-25(22,23)4/h17-19,21-24,28H,6-16H2,1-5H3/t18-,19+,21+,22-,23-,24-,25+,26-/m0/s1. The highest BCUT2D eigenvalue weighted by molar-refractivity contribution is 6.59. The zero-order valence-electron chi connectivity index (χ0n) is 19.7. The van der Waals surface area contributed by atoms with E-state index in [-0.39, 0.29) is 5.04 Å². The van der Waals surface area contributed by atoms with Crippen molar-refractivity contribution < 1.29 is 9.59 Å². The summed E-state index contributed by atoms with van der Waals surface area (Å²) in [5.74, 6) is 5.76. The van der Waals surface area contributed by atoms with Crippen molar-refractivity contribution in [2.45, 2.75) is 110 Å². The number of carbonyl (C=O) groups excluding carboxylic acids is 1. The second kappa shape index (κ2) is 8.08. The van der Waals surface area contributed by atoms with Crippen molar-refractivity contribution in [3.63, 3.8) is 0 Å². The first-order valence-electron chi connectivity index (χ1n) is 12.7. The quantitative estimate of drug-likeness (QED) is 0.509. The van der Waals surface area contributed by atoms with Gasteiger partial charge in [-0.25, -0.2) is 0 Å². The molecule has 3 heteroatoms. The van der Waals surface area contributed by atoms with E-state index in [2.05, 4.69) is 34.6 Å². The van der Waals surface area contributed by atoms with Gasteiger partial charge in [-0.15, -0.1) is 0 Å². The van der Waals surface area contributed by atoms with E-state index in [1.54, 1.807) is 0 Å². The van der Waals surface area contributed by atoms with Gasteiger partial charge in [0.15, 0.2) is 0 Å². The highest BCUT2D eigenvalue weighted by Crippen LogP contribution is 2.70. The molecule has 165 valence electrons. The van der Waals surface area contributed by atoms with Crippen molar-refractivity contribution in [3.8, 4) is 0 Å². The molecule has 0 amide bonds. The summed E-state index contributed by atoms with van der Waals surface area (Å²) in [4.78, 5) is 23.3. The molecule has 3 saturated carbocycles. The number of Topliss-reactive ketones (excluding diaryl/α,β-unsaturated/α-hetero) is 1. The number of fused-ring (bicyclic) bond motifs is 5. The number of hydrogen-bond donors (Lipinski definition) is 1. The fourth-order valence-corrected chi connectivity index (χ4v) is 11.3. The van der Waals surface area contributed by atoms with Gasteiger partial charge in [-0.3, -0.25) is 4.79 Å². The van der Waals surface area contributed by atoms with Crippen LogP contribution in [0.5, 0.6) is 0 Å². The van der Waals surface area contributed by atoms with Crippen LogP contribution < -0.4 is 0 Å². The summed E-state index contributed by atoms with van der Waals surface area (Å²) in [5, 5.41) is 0.0871. The van der Waals surface area contributed by atoms with Crippen molar-refractivity contribution in [1.29, 1.82) is 0 Å². The van der Waals surface area contributed by atoms with Gasteiger partial charge >= 0.3 is 0 Å². The first-order valence-corrected chi connectivity index (χ1v) is 14.4. The molecule has 1 heterocycles. The van der Waals surface area contributed by atoms with Crippen molar-refractivity contribution in [3.05, 3.63) is 0 Å². The van der Waals surface area contributed by atoms with E-state index < -0.39 is 9.04 Å². The van der Waals surface area contributed by atoms with Crippen LogP contribution in [0.3, 0.4) is 0 Å². The lowest BCUT2D eigenvalue weighted by Crippen LogP contribution is -2.56. The zero-order valence-corrected chi connectivity index (χ0v) is 20.7. The van der Waals surface area contributed by atoms with Gasteiger partial charge in [-0.2, -0.15) is 0 Å². The second-order valence-corrected chi connectivity index (χ2v) is 14.7. The normalized spacial score (nSPS) is 46.3. The minimum atomic E-state index is -1.55. The lowest BCUT2D eigenvalue weighted by molar-refractivity contribution is -0.122. The Bertz CT molecular complexity index is 618. The summed E-state index contributed by atoms with van der Waals surface area (Å²) in [6, 6.07) is 0.512. The van der Waals surface area contributed by atoms with Gasteiger partial charge in [0.2, 0.25) is 9.04 Å². The first kappa shape index (κ1) is 22.1. The summed E-state index contributed by atoms with van der Waals surface area (Å²) in [6.45, 7) is 12.3. The van der Waals surface area contributed by atoms with Crippen LogP contribution in [-0.4, -0.2) is 19.6 Å². The smallest absolute Gasteiger partial charge is 0.221 e. The summed E-state index contributed by atoms with van der Waals surface area (Å²) < 4.78 is 0. The van der Waals surface area contributed by atoms with Crippen molar-refractivity contribution in [2.75, 3.05) is 0 Å². The summed E-state index contributed by atoms with van der Waals surface area (Å²) in [7, 11) is -1.55. The Balaban J connectivity index is 1.50. The molecule has 8 atom stereocenters. The molecule has 0 aromatic heterocycles. The number of carbonyl (C=O) groups is 1. The van der Waals surface area contributed by atoms with Crippen LogP contribution in [0.1, 0.15) is 98.8 Å². The largest absolute Gasteiger partial charge is 0.430 e.